The first kappa shape index (κ1) is 20.3. The van der Waals surface area contributed by atoms with Crippen LogP contribution in [0, 0.1) is 5.92 Å². The fraction of sp³-hybridized carbons (Fsp3) is 0.364. The molecule has 1 aliphatic carbocycles. The number of carbonyl (C=O) groups is 2. The fourth-order valence-electron chi connectivity index (χ4n) is 3.59. The van der Waals surface area contributed by atoms with Gasteiger partial charge in [0.15, 0.2) is 0 Å². The van der Waals surface area contributed by atoms with Gasteiger partial charge >= 0.3 is 6.18 Å². The van der Waals surface area contributed by atoms with E-state index in [1.54, 1.807) is 13.2 Å². The molecule has 30 heavy (non-hydrogen) atoms. The van der Waals surface area contributed by atoms with E-state index in [2.05, 4.69) is 5.32 Å². The summed E-state index contributed by atoms with van der Waals surface area (Å²) in [5, 5.41) is 2.52. The van der Waals surface area contributed by atoms with E-state index in [4.69, 9.17) is 4.74 Å². The van der Waals surface area contributed by atoms with Gasteiger partial charge in [-0.15, -0.1) is 0 Å². The predicted octanol–water partition coefficient (Wildman–Crippen LogP) is 4.26. The predicted molar refractivity (Wildman–Crippen MR) is 104 cm³/mol. The molecule has 5 nitrogen and oxygen atoms in total. The third-order valence-electron chi connectivity index (χ3n) is 5.44. The molecule has 2 aromatic carbocycles. The molecule has 1 N–H and O–H groups in total. The maximum Gasteiger partial charge on any atom is 0.416 e. The number of hydrogen-bond donors (Lipinski definition) is 1. The molecule has 158 valence electrons. The van der Waals surface area contributed by atoms with E-state index in [1.807, 2.05) is 12.1 Å². The number of anilines is 1. The summed E-state index contributed by atoms with van der Waals surface area (Å²) in [6, 6.07) is 8.60. The lowest BCUT2D eigenvalue weighted by Crippen LogP contribution is -2.36. The molecule has 0 atom stereocenters. The van der Waals surface area contributed by atoms with Crippen LogP contribution in [0.1, 0.15) is 39.9 Å². The van der Waals surface area contributed by atoms with E-state index in [0.29, 0.717) is 19.5 Å². The van der Waals surface area contributed by atoms with Crippen LogP contribution in [0.3, 0.4) is 0 Å². The highest BCUT2D eigenvalue weighted by atomic mass is 19.4. The van der Waals surface area contributed by atoms with Gasteiger partial charge in [0.25, 0.3) is 5.91 Å². The second-order valence-corrected chi connectivity index (χ2v) is 7.67. The molecule has 8 heteroatoms. The third kappa shape index (κ3) is 4.27. The van der Waals surface area contributed by atoms with Gasteiger partial charge in [-0.25, -0.2) is 0 Å². The summed E-state index contributed by atoms with van der Waals surface area (Å²) in [6.45, 7) is 0.692. The number of halogens is 3. The number of ether oxygens (including phenoxy) is 1. The fourth-order valence-corrected chi connectivity index (χ4v) is 3.59. The lowest BCUT2D eigenvalue weighted by Gasteiger charge is -2.29. The quantitative estimate of drug-likeness (QED) is 0.807. The summed E-state index contributed by atoms with van der Waals surface area (Å²) in [5.74, 6) is -0.241. The molecule has 2 amide bonds. The summed E-state index contributed by atoms with van der Waals surface area (Å²) >= 11 is 0. The SMILES string of the molecule is COc1ccc2c(c1)CCN(C(=O)c1cc(NC(=O)C3CC3)cc(C(F)(F)F)c1)C2. The van der Waals surface area contributed by atoms with Crippen molar-refractivity contribution >= 4 is 17.5 Å². The molecule has 0 aromatic heterocycles. The first-order chi connectivity index (χ1) is 14.2. The summed E-state index contributed by atoms with van der Waals surface area (Å²) in [4.78, 5) is 26.6. The lowest BCUT2D eigenvalue weighted by molar-refractivity contribution is -0.137. The number of hydrogen-bond acceptors (Lipinski definition) is 3. The van der Waals surface area contributed by atoms with Crippen LogP contribution in [-0.2, 0) is 23.9 Å². The molecule has 0 spiro atoms. The highest BCUT2D eigenvalue weighted by Crippen LogP contribution is 2.34. The first-order valence-electron chi connectivity index (χ1n) is 9.73. The number of rotatable bonds is 4. The van der Waals surface area contributed by atoms with Crippen LogP contribution in [0.2, 0.25) is 0 Å². The Hall–Kier alpha value is -3.03. The van der Waals surface area contributed by atoms with Crippen molar-refractivity contribution in [1.29, 1.82) is 0 Å². The third-order valence-corrected chi connectivity index (χ3v) is 5.44. The minimum Gasteiger partial charge on any atom is -0.497 e. The van der Waals surface area contributed by atoms with Crippen LogP contribution < -0.4 is 10.1 Å². The number of benzene rings is 2. The Morgan fingerprint density at radius 2 is 1.87 bits per heavy atom. The summed E-state index contributed by atoms with van der Waals surface area (Å²) in [7, 11) is 1.58. The molecule has 4 rings (SSSR count). The molecule has 0 radical (unpaired) electrons. The van der Waals surface area contributed by atoms with Crippen molar-refractivity contribution in [2.24, 2.45) is 5.92 Å². The molecule has 0 bridgehead atoms. The molecule has 1 fully saturated rings. The second-order valence-electron chi connectivity index (χ2n) is 7.67. The molecule has 1 aliphatic heterocycles. The number of nitrogens with zero attached hydrogens (tertiary/aromatic N) is 1. The average Bonchev–Trinajstić information content (AvgIpc) is 3.57. The van der Waals surface area contributed by atoms with E-state index < -0.39 is 17.6 Å². The standard InChI is InChI=1S/C22H21F3N2O3/c1-30-19-5-4-15-12-27(7-6-14(15)10-19)21(29)16-8-17(22(23,24)25)11-18(9-16)26-20(28)13-2-3-13/h4-5,8-11,13H,2-3,6-7,12H2,1H3,(H,26,28). The zero-order chi connectivity index (χ0) is 21.5. The highest BCUT2D eigenvalue weighted by Gasteiger charge is 2.34. The maximum absolute atomic E-state index is 13.4. The van der Waals surface area contributed by atoms with Gasteiger partial charge in [0.05, 0.1) is 12.7 Å². The van der Waals surface area contributed by atoms with Crippen molar-refractivity contribution < 1.29 is 27.5 Å². The maximum atomic E-state index is 13.4. The molecular formula is C22H21F3N2O3. The zero-order valence-electron chi connectivity index (χ0n) is 16.4. The van der Waals surface area contributed by atoms with E-state index in [9.17, 15) is 22.8 Å². The molecule has 1 heterocycles. The van der Waals surface area contributed by atoms with Gasteiger partial charge in [-0.05, 0) is 60.7 Å². The van der Waals surface area contributed by atoms with Gasteiger partial charge in [-0.1, -0.05) is 6.07 Å². The molecule has 0 saturated heterocycles. The number of nitrogens with one attached hydrogen (secondary N) is 1. The van der Waals surface area contributed by atoms with E-state index >= 15 is 0 Å². The molecule has 2 aromatic rings. The minimum absolute atomic E-state index is 0.00720. The number of carbonyl (C=O) groups excluding carboxylic acids is 2. The topological polar surface area (TPSA) is 58.6 Å². The zero-order valence-corrected chi connectivity index (χ0v) is 16.4. The summed E-state index contributed by atoms with van der Waals surface area (Å²) in [6.07, 6.45) is -2.58. The Balaban J connectivity index is 1.60. The Morgan fingerprint density at radius 3 is 2.53 bits per heavy atom. The molecule has 0 unspecified atom stereocenters. The van der Waals surface area contributed by atoms with Gasteiger partial charge in [0.1, 0.15) is 5.75 Å². The first-order valence-corrected chi connectivity index (χ1v) is 9.73. The van der Waals surface area contributed by atoms with Crippen LogP contribution in [0.4, 0.5) is 18.9 Å². The Labute approximate surface area is 171 Å². The van der Waals surface area contributed by atoms with Crippen LogP contribution in [0.5, 0.6) is 5.75 Å². The lowest BCUT2D eigenvalue weighted by atomic mass is 9.98. The number of alkyl halides is 3. The second kappa shape index (κ2) is 7.66. The van der Waals surface area contributed by atoms with Gasteiger partial charge in [-0.2, -0.15) is 13.2 Å². The van der Waals surface area contributed by atoms with E-state index in [0.717, 1.165) is 41.9 Å². The van der Waals surface area contributed by atoms with Crippen molar-refractivity contribution in [3.05, 3.63) is 58.7 Å². The Kier molecular flexibility index (Phi) is 5.17. The van der Waals surface area contributed by atoms with Crippen LogP contribution in [0.25, 0.3) is 0 Å². The smallest absolute Gasteiger partial charge is 0.416 e. The number of methoxy groups -OCH3 is 1. The Morgan fingerprint density at radius 1 is 1.10 bits per heavy atom. The highest BCUT2D eigenvalue weighted by molar-refractivity contribution is 5.98. The van der Waals surface area contributed by atoms with Crippen LogP contribution >= 0.6 is 0 Å². The molecule has 2 aliphatic rings. The van der Waals surface area contributed by atoms with Gasteiger partial charge in [0, 0.05) is 30.3 Å². The van der Waals surface area contributed by atoms with E-state index in [1.165, 1.54) is 11.0 Å². The largest absolute Gasteiger partial charge is 0.497 e. The summed E-state index contributed by atoms with van der Waals surface area (Å²) in [5.41, 5.74) is 0.936. The van der Waals surface area contributed by atoms with E-state index in [-0.39, 0.29) is 23.1 Å². The van der Waals surface area contributed by atoms with Gasteiger partial charge in [0.2, 0.25) is 5.91 Å². The van der Waals surface area contributed by atoms with Gasteiger partial charge in [-0.3, -0.25) is 9.59 Å². The van der Waals surface area contributed by atoms with Gasteiger partial charge < -0.3 is 15.0 Å². The number of fused-ring (bicyclic) bond motifs is 1. The Bertz CT molecular complexity index is 1000. The summed E-state index contributed by atoms with van der Waals surface area (Å²) < 4.78 is 45.4. The normalized spacial score (nSPS) is 16.1. The van der Waals surface area contributed by atoms with Crippen molar-refractivity contribution in [2.45, 2.75) is 32.0 Å². The van der Waals surface area contributed by atoms with Crippen molar-refractivity contribution in [3.63, 3.8) is 0 Å². The minimum atomic E-state index is -4.62. The van der Waals surface area contributed by atoms with Crippen LogP contribution in [0.15, 0.2) is 36.4 Å². The molecular weight excluding hydrogens is 397 g/mol. The van der Waals surface area contributed by atoms with Crippen molar-refractivity contribution in [1.82, 2.24) is 4.90 Å². The van der Waals surface area contributed by atoms with Crippen LogP contribution in [-0.4, -0.2) is 30.4 Å². The average molecular weight is 418 g/mol. The molecule has 1 saturated carbocycles. The monoisotopic (exact) mass is 418 g/mol. The van der Waals surface area contributed by atoms with Crippen molar-refractivity contribution in [2.75, 3.05) is 19.0 Å². The van der Waals surface area contributed by atoms with Crippen molar-refractivity contribution in [3.8, 4) is 5.75 Å². The number of amides is 2.